The normalized spacial score (nSPS) is 15.3. The first-order valence-corrected chi connectivity index (χ1v) is 8.46. The van der Waals surface area contributed by atoms with Gasteiger partial charge in [-0.2, -0.15) is 0 Å². The number of rotatable bonds is 2. The van der Waals surface area contributed by atoms with Gasteiger partial charge in [0.15, 0.2) is 34.0 Å². The van der Waals surface area contributed by atoms with E-state index in [-0.39, 0.29) is 0 Å². The lowest BCUT2D eigenvalue weighted by molar-refractivity contribution is 0.643. The predicted molar refractivity (Wildman–Crippen MR) is 97.0 cm³/mol. The fraction of sp³-hybridized carbons (Fsp3) is 0.375. The van der Waals surface area contributed by atoms with Crippen molar-refractivity contribution in [1.29, 1.82) is 0 Å². The summed E-state index contributed by atoms with van der Waals surface area (Å²) in [5.74, 6) is 1.78. The number of fused-ring (bicyclic) bond motifs is 2. The van der Waals surface area contributed by atoms with Crippen molar-refractivity contribution in [1.82, 2.24) is 39.0 Å². The van der Waals surface area contributed by atoms with E-state index in [0.717, 1.165) is 60.1 Å². The zero-order valence-electron chi connectivity index (χ0n) is 14.6. The first-order chi connectivity index (χ1) is 12.7. The fourth-order valence-corrected chi connectivity index (χ4v) is 3.46. The van der Waals surface area contributed by atoms with Crippen LogP contribution in [0.1, 0.15) is 0 Å². The zero-order chi connectivity index (χ0) is 17.7. The lowest BCUT2D eigenvalue weighted by atomic mass is 10.3. The molecule has 26 heavy (non-hydrogen) atoms. The molecule has 0 unspecified atom stereocenters. The largest absolute Gasteiger partial charge is 0.351 e. The highest BCUT2D eigenvalue weighted by Crippen LogP contribution is 2.25. The second-order valence-electron chi connectivity index (χ2n) is 6.42. The fourth-order valence-electron chi connectivity index (χ4n) is 3.46. The summed E-state index contributed by atoms with van der Waals surface area (Å²) in [5.41, 5.74) is 3.39. The van der Waals surface area contributed by atoms with E-state index in [4.69, 9.17) is 0 Å². The van der Waals surface area contributed by atoms with Crippen LogP contribution in [0.5, 0.6) is 0 Å². The molecular formula is C16H18N10. The third-order valence-corrected chi connectivity index (χ3v) is 4.83. The van der Waals surface area contributed by atoms with Crippen LogP contribution in [0.4, 0.5) is 11.6 Å². The highest BCUT2D eigenvalue weighted by molar-refractivity contribution is 5.85. The molecule has 0 radical (unpaired) electrons. The average molecular weight is 350 g/mol. The van der Waals surface area contributed by atoms with E-state index in [0.29, 0.717) is 0 Å². The van der Waals surface area contributed by atoms with E-state index in [9.17, 15) is 0 Å². The lowest BCUT2D eigenvalue weighted by Gasteiger charge is -2.35. The van der Waals surface area contributed by atoms with Crippen molar-refractivity contribution in [2.24, 2.45) is 14.1 Å². The Kier molecular flexibility index (Phi) is 3.24. The molecule has 1 fully saturated rings. The Labute approximate surface area is 149 Å². The van der Waals surface area contributed by atoms with Gasteiger partial charge in [0.05, 0.1) is 12.7 Å². The minimum Gasteiger partial charge on any atom is -0.351 e. The van der Waals surface area contributed by atoms with Gasteiger partial charge in [0, 0.05) is 40.3 Å². The van der Waals surface area contributed by atoms with Crippen molar-refractivity contribution in [2.45, 2.75) is 0 Å². The van der Waals surface area contributed by atoms with Crippen LogP contribution in [-0.2, 0) is 14.1 Å². The Morgan fingerprint density at radius 2 is 1.04 bits per heavy atom. The van der Waals surface area contributed by atoms with Gasteiger partial charge in [-0.25, -0.2) is 29.9 Å². The molecule has 0 amide bonds. The van der Waals surface area contributed by atoms with Crippen LogP contribution < -0.4 is 9.80 Å². The van der Waals surface area contributed by atoms with Gasteiger partial charge in [0.1, 0.15) is 12.7 Å². The quantitative estimate of drug-likeness (QED) is 0.512. The summed E-state index contributed by atoms with van der Waals surface area (Å²) in [6.07, 6.45) is 6.76. The van der Waals surface area contributed by atoms with Crippen LogP contribution in [0.2, 0.25) is 0 Å². The van der Waals surface area contributed by atoms with Gasteiger partial charge in [-0.1, -0.05) is 0 Å². The molecule has 132 valence electrons. The molecule has 0 bridgehead atoms. The molecule has 0 aliphatic carbocycles. The first-order valence-electron chi connectivity index (χ1n) is 8.46. The van der Waals surface area contributed by atoms with Gasteiger partial charge in [-0.3, -0.25) is 0 Å². The number of imidazole rings is 2. The molecule has 1 aliphatic heterocycles. The van der Waals surface area contributed by atoms with Crippen LogP contribution in [0.25, 0.3) is 22.3 Å². The van der Waals surface area contributed by atoms with Crippen molar-refractivity contribution in [3.05, 3.63) is 25.3 Å². The molecule has 0 spiro atoms. The summed E-state index contributed by atoms with van der Waals surface area (Å²) in [6.45, 7) is 3.34. The maximum Gasteiger partial charge on any atom is 0.165 e. The van der Waals surface area contributed by atoms with Gasteiger partial charge < -0.3 is 18.9 Å². The Balaban J connectivity index is 1.42. The third kappa shape index (κ3) is 2.18. The number of hydrogen-bond acceptors (Lipinski definition) is 8. The van der Waals surface area contributed by atoms with Gasteiger partial charge in [-0.05, 0) is 0 Å². The first kappa shape index (κ1) is 15.0. The summed E-state index contributed by atoms with van der Waals surface area (Å²) in [5, 5.41) is 0. The second kappa shape index (κ2) is 5.61. The number of aromatic nitrogens is 8. The monoisotopic (exact) mass is 350 g/mol. The van der Waals surface area contributed by atoms with E-state index >= 15 is 0 Å². The maximum atomic E-state index is 4.47. The number of aryl methyl sites for hydroxylation is 2. The lowest BCUT2D eigenvalue weighted by Crippen LogP contribution is -2.47. The highest BCUT2D eigenvalue weighted by atomic mass is 15.3. The number of hydrogen-bond donors (Lipinski definition) is 0. The van der Waals surface area contributed by atoms with Crippen LogP contribution in [0.3, 0.4) is 0 Å². The molecule has 5 heterocycles. The maximum absolute atomic E-state index is 4.47. The zero-order valence-corrected chi connectivity index (χ0v) is 14.6. The average Bonchev–Trinajstić information content (AvgIpc) is 3.25. The SMILES string of the molecule is Cn1cnc2c(N3CCN(c4ncnc5c4ncn5C)CC3)ncnc21. The summed E-state index contributed by atoms with van der Waals surface area (Å²) >= 11 is 0. The molecule has 0 atom stereocenters. The molecule has 0 aromatic carbocycles. The Morgan fingerprint density at radius 1 is 0.615 bits per heavy atom. The van der Waals surface area contributed by atoms with Crippen molar-refractivity contribution >= 4 is 34.0 Å². The molecule has 1 saturated heterocycles. The molecule has 0 N–H and O–H groups in total. The standard InChI is InChI=1S/C16H18N10/c1-23-9-21-11-13(23)17-7-19-15(11)25-3-5-26(6-4-25)16-12-14(18-8-20-16)24(2)10-22-12/h7-10H,3-6H2,1-2H3. The van der Waals surface area contributed by atoms with Crippen molar-refractivity contribution in [3.63, 3.8) is 0 Å². The van der Waals surface area contributed by atoms with Gasteiger partial charge >= 0.3 is 0 Å². The molecule has 10 nitrogen and oxygen atoms in total. The van der Waals surface area contributed by atoms with Gasteiger partial charge in [0.2, 0.25) is 0 Å². The summed E-state index contributed by atoms with van der Waals surface area (Å²) in [7, 11) is 3.88. The Bertz CT molecular complexity index is 1000. The predicted octanol–water partition coefficient (Wildman–Crippen LogP) is 0.367. The van der Waals surface area contributed by atoms with Gasteiger partial charge in [-0.15, -0.1) is 0 Å². The number of nitrogens with zero attached hydrogens (tertiary/aromatic N) is 10. The molecule has 0 saturated carbocycles. The highest BCUT2D eigenvalue weighted by Gasteiger charge is 2.24. The third-order valence-electron chi connectivity index (χ3n) is 4.83. The smallest absolute Gasteiger partial charge is 0.165 e. The van der Waals surface area contributed by atoms with Crippen molar-refractivity contribution < 1.29 is 0 Å². The summed E-state index contributed by atoms with van der Waals surface area (Å²) in [6, 6.07) is 0. The minimum absolute atomic E-state index is 0.834. The van der Waals surface area contributed by atoms with E-state index in [1.807, 2.05) is 23.2 Å². The van der Waals surface area contributed by atoms with Crippen LogP contribution in [0.15, 0.2) is 25.3 Å². The van der Waals surface area contributed by atoms with Crippen molar-refractivity contribution in [3.8, 4) is 0 Å². The summed E-state index contributed by atoms with van der Waals surface area (Å²) in [4.78, 5) is 31.0. The summed E-state index contributed by atoms with van der Waals surface area (Å²) < 4.78 is 3.82. The van der Waals surface area contributed by atoms with E-state index in [2.05, 4.69) is 39.7 Å². The molecule has 4 aromatic heterocycles. The van der Waals surface area contributed by atoms with E-state index < -0.39 is 0 Å². The van der Waals surface area contributed by atoms with E-state index in [1.165, 1.54) is 0 Å². The molecule has 10 heteroatoms. The van der Waals surface area contributed by atoms with Crippen LogP contribution in [-0.4, -0.2) is 65.2 Å². The van der Waals surface area contributed by atoms with E-state index in [1.54, 1.807) is 25.3 Å². The molecule has 1 aliphatic rings. The Hall–Kier alpha value is -3.30. The molecule has 4 aromatic rings. The molecular weight excluding hydrogens is 332 g/mol. The number of piperazine rings is 1. The van der Waals surface area contributed by atoms with Gasteiger partial charge in [0.25, 0.3) is 0 Å². The van der Waals surface area contributed by atoms with Crippen LogP contribution >= 0.6 is 0 Å². The topological polar surface area (TPSA) is 93.7 Å². The van der Waals surface area contributed by atoms with Crippen LogP contribution in [0, 0.1) is 0 Å². The van der Waals surface area contributed by atoms with Crippen molar-refractivity contribution in [2.75, 3.05) is 36.0 Å². The minimum atomic E-state index is 0.834. The molecule has 5 rings (SSSR count). The second-order valence-corrected chi connectivity index (χ2v) is 6.42. The Morgan fingerprint density at radius 3 is 1.46 bits per heavy atom. The number of anilines is 2.